The molecule has 2 aromatic heterocycles. The van der Waals surface area contributed by atoms with Gasteiger partial charge in [0.2, 0.25) is 0 Å². The lowest BCUT2D eigenvalue weighted by Crippen LogP contribution is -2.17. The lowest BCUT2D eigenvalue weighted by Gasteiger charge is -2.21. The number of aryl methyl sites for hydroxylation is 2. The Morgan fingerprint density at radius 2 is 2.39 bits per heavy atom. The number of fused-ring (bicyclic) bond motifs is 1. The van der Waals surface area contributed by atoms with E-state index in [1.807, 2.05) is 13.0 Å². The molecule has 18 heavy (non-hydrogen) atoms. The van der Waals surface area contributed by atoms with Gasteiger partial charge < -0.3 is 4.42 Å². The van der Waals surface area contributed by atoms with Crippen molar-refractivity contribution < 1.29 is 9.21 Å². The van der Waals surface area contributed by atoms with Crippen molar-refractivity contribution in [1.29, 1.82) is 0 Å². The number of thiophene rings is 1. The fraction of sp³-hybridized carbons (Fsp3) is 0.400. The summed E-state index contributed by atoms with van der Waals surface area (Å²) in [5, 5.41) is 2.10. The third kappa shape index (κ3) is 1.83. The summed E-state index contributed by atoms with van der Waals surface area (Å²) in [6.07, 6.45) is 5.61. The average molecular weight is 260 g/mol. The minimum absolute atomic E-state index is 0.0444. The fourth-order valence-corrected chi connectivity index (χ4v) is 3.77. The number of hydrogen-bond acceptors (Lipinski definition) is 3. The first kappa shape index (κ1) is 11.7. The molecule has 0 bridgehead atoms. The van der Waals surface area contributed by atoms with Crippen molar-refractivity contribution >= 4 is 17.1 Å². The largest absolute Gasteiger partial charge is 0.469 e. The topological polar surface area (TPSA) is 30.2 Å². The van der Waals surface area contributed by atoms with Gasteiger partial charge in [-0.25, -0.2) is 0 Å². The SMILES string of the molecule is CCc1occc1C(=O)C1CCCc2sccc21. The molecule has 2 nitrogen and oxygen atoms in total. The number of Topliss-reactive ketones (excluding diaryl/α,β-unsaturated/α-hetero) is 1. The highest BCUT2D eigenvalue weighted by Gasteiger charge is 2.29. The van der Waals surface area contributed by atoms with Crippen molar-refractivity contribution in [1.82, 2.24) is 0 Å². The summed E-state index contributed by atoms with van der Waals surface area (Å²) < 4.78 is 5.38. The first-order valence-corrected chi connectivity index (χ1v) is 7.36. The van der Waals surface area contributed by atoms with E-state index in [1.165, 1.54) is 10.4 Å². The maximum absolute atomic E-state index is 12.6. The molecule has 0 fully saturated rings. The molecule has 1 aliphatic rings. The molecule has 0 saturated heterocycles. The summed E-state index contributed by atoms with van der Waals surface area (Å²) in [7, 11) is 0. The zero-order valence-corrected chi connectivity index (χ0v) is 11.3. The summed E-state index contributed by atoms with van der Waals surface area (Å²) in [5.41, 5.74) is 2.03. The highest BCUT2D eigenvalue weighted by Crippen LogP contribution is 2.37. The Morgan fingerprint density at radius 1 is 1.50 bits per heavy atom. The maximum Gasteiger partial charge on any atom is 0.173 e. The van der Waals surface area contributed by atoms with Gasteiger partial charge in [0.25, 0.3) is 0 Å². The molecule has 94 valence electrons. The summed E-state index contributed by atoms with van der Waals surface area (Å²) in [4.78, 5) is 14.0. The van der Waals surface area contributed by atoms with Gasteiger partial charge in [-0.05, 0) is 42.3 Å². The Labute approximate surface area is 111 Å². The molecule has 2 heterocycles. The number of carbonyl (C=O) groups excluding carboxylic acids is 1. The molecule has 0 amide bonds. The van der Waals surface area contributed by atoms with Crippen molar-refractivity contribution in [2.24, 2.45) is 0 Å². The van der Waals surface area contributed by atoms with Gasteiger partial charge in [-0.1, -0.05) is 6.92 Å². The van der Waals surface area contributed by atoms with Crippen LogP contribution in [0.3, 0.4) is 0 Å². The van der Waals surface area contributed by atoms with Crippen LogP contribution in [0.25, 0.3) is 0 Å². The molecule has 3 rings (SSSR count). The quantitative estimate of drug-likeness (QED) is 0.774. The van der Waals surface area contributed by atoms with E-state index in [2.05, 4.69) is 11.4 Å². The summed E-state index contributed by atoms with van der Waals surface area (Å²) >= 11 is 1.78. The number of ketones is 1. The van der Waals surface area contributed by atoms with Crippen LogP contribution in [0.5, 0.6) is 0 Å². The van der Waals surface area contributed by atoms with E-state index in [0.29, 0.717) is 0 Å². The predicted molar refractivity (Wildman–Crippen MR) is 72.4 cm³/mol. The Balaban J connectivity index is 1.95. The number of rotatable bonds is 3. The van der Waals surface area contributed by atoms with E-state index >= 15 is 0 Å². The highest BCUT2D eigenvalue weighted by molar-refractivity contribution is 7.10. The smallest absolute Gasteiger partial charge is 0.173 e. The minimum atomic E-state index is 0.0444. The molecule has 1 atom stereocenters. The molecular weight excluding hydrogens is 244 g/mol. The molecule has 0 radical (unpaired) electrons. The van der Waals surface area contributed by atoms with E-state index in [0.717, 1.165) is 37.0 Å². The molecule has 3 heteroatoms. The van der Waals surface area contributed by atoms with Gasteiger partial charge >= 0.3 is 0 Å². The van der Waals surface area contributed by atoms with Crippen LogP contribution in [0.1, 0.15) is 52.2 Å². The van der Waals surface area contributed by atoms with Crippen molar-refractivity contribution in [2.45, 2.75) is 38.5 Å². The minimum Gasteiger partial charge on any atom is -0.469 e. The van der Waals surface area contributed by atoms with Gasteiger partial charge in [0, 0.05) is 17.2 Å². The lowest BCUT2D eigenvalue weighted by molar-refractivity contribution is 0.0949. The van der Waals surface area contributed by atoms with Gasteiger partial charge in [-0.2, -0.15) is 0 Å². The Hall–Kier alpha value is -1.35. The summed E-state index contributed by atoms with van der Waals surface area (Å²) in [5.74, 6) is 1.10. The van der Waals surface area contributed by atoms with Gasteiger partial charge in [0.15, 0.2) is 5.78 Å². The molecule has 1 unspecified atom stereocenters. The zero-order chi connectivity index (χ0) is 12.5. The van der Waals surface area contributed by atoms with Crippen LogP contribution in [0.4, 0.5) is 0 Å². The van der Waals surface area contributed by atoms with Crippen molar-refractivity contribution in [3.8, 4) is 0 Å². The van der Waals surface area contributed by atoms with Crippen molar-refractivity contribution in [3.05, 3.63) is 45.5 Å². The second-order valence-electron chi connectivity index (χ2n) is 4.72. The molecule has 0 aliphatic heterocycles. The normalized spacial score (nSPS) is 18.6. The molecule has 0 spiro atoms. The molecule has 2 aromatic rings. The maximum atomic E-state index is 12.6. The van der Waals surface area contributed by atoms with Crippen LogP contribution >= 0.6 is 11.3 Å². The van der Waals surface area contributed by atoms with Gasteiger partial charge in [-0.15, -0.1) is 11.3 Å². The van der Waals surface area contributed by atoms with Crippen molar-refractivity contribution in [2.75, 3.05) is 0 Å². The second kappa shape index (κ2) is 4.73. The Kier molecular flexibility index (Phi) is 3.08. The van der Waals surface area contributed by atoms with Crippen LogP contribution < -0.4 is 0 Å². The average Bonchev–Trinajstić information content (AvgIpc) is 3.05. The standard InChI is InChI=1S/C15H16O2S/c1-2-13-12(6-8-17-13)15(16)11-4-3-5-14-10(11)7-9-18-14/h6-9,11H,2-5H2,1H3. The lowest BCUT2D eigenvalue weighted by atomic mass is 9.82. The van der Waals surface area contributed by atoms with Gasteiger partial charge in [0.05, 0.1) is 11.8 Å². The molecular formula is C15H16O2S. The number of furan rings is 1. The van der Waals surface area contributed by atoms with E-state index in [-0.39, 0.29) is 11.7 Å². The first-order chi connectivity index (χ1) is 8.81. The summed E-state index contributed by atoms with van der Waals surface area (Å²) in [6.45, 7) is 2.02. The van der Waals surface area contributed by atoms with E-state index in [1.54, 1.807) is 17.6 Å². The fourth-order valence-electron chi connectivity index (χ4n) is 2.78. The van der Waals surface area contributed by atoms with Crippen LogP contribution in [0.15, 0.2) is 28.2 Å². The van der Waals surface area contributed by atoms with Gasteiger partial charge in [0.1, 0.15) is 5.76 Å². The molecule has 0 aromatic carbocycles. The third-order valence-electron chi connectivity index (χ3n) is 3.70. The Bertz CT molecular complexity index is 565. The van der Waals surface area contributed by atoms with Crippen LogP contribution in [-0.4, -0.2) is 5.78 Å². The van der Waals surface area contributed by atoms with Crippen LogP contribution in [0.2, 0.25) is 0 Å². The third-order valence-corrected chi connectivity index (χ3v) is 4.70. The van der Waals surface area contributed by atoms with E-state index < -0.39 is 0 Å². The zero-order valence-electron chi connectivity index (χ0n) is 10.4. The highest BCUT2D eigenvalue weighted by atomic mass is 32.1. The Morgan fingerprint density at radius 3 is 3.22 bits per heavy atom. The second-order valence-corrected chi connectivity index (χ2v) is 5.72. The van der Waals surface area contributed by atoms with Gasteiger partial charge in [-0.3, -0.25) is 4.79 Å². The number of hydrogen-bond donors (Lipinski definition) is 0. The summed E-state index contributed by atoms with van der Waals surface area (Å²) in [6, 6.07) is 3.94. The number of carbonyl (C=O) groups is 1. The van der Waals surface area contributed by atoms with Crippen LogP contribution in [-0.2, 0) is 12.8 Å². The van der Waals surface area contributed by atoms with Crippen molar-refractivity contribution in [3.63, 3.8) is 0 Å². The van der Waals surface area contributed by atoms with Crippen LogP contribution in [0, 0.1) is 0 Å². The first-order valence-electron chi connectivity index (χ1n) is 6.48. The molecule has 0 saturated carbocycles. The van der Waals surface area contributed by atoms with E-state index in [9.17, 15) is 4.79 Å². The van der Waals surface area contributed by atoms with E-state index in [4.69, 9.17) is 4.42 Å². The molecule has 1 aliphatic carbocycles. The monoisotopic (exact) mass is 260 g/mol. The predicted octanol–water partition coefficient (Wildman–Crippen LogP) is 4.21. The molecule has 0 N–H and O–H groups in total.